The van der Waals surface area contributed by atoms with Gasteiger partial charge in [-0.15, -0.1) is 0 Å². The molecule has 1 aromatic rings. The molecule has 4 heteroatoms. The average Bonchev–Trinajstić information content (AvgIpc) is 2.45. The van der Waals surface area contributed by atoms with Crippen molar-refractivity contribution in [1.29, 1.82) is 0 Å². The molecule has 3 nitrogen and oxygen atoms in total. The van der Waals surface area contributed by atoms with Crippen LogP contribution in [0.2, 0.25) is 0 Å². The fourth-order valence-corrected chi connectivity index (χ4v) is 4.46. The van der Waals surface area contributed by atoms with Gasteiger partial charge >= 0.3 is 0 Å². The van der Waals surface area contributed by atoms with Gasteiger partial charge in [0.15, 0.2) is 0 Å². The first-order chi connectivity index (χ1) is 9.19. The molecule has 102 valence electrons. The van der Waals surface area contributed by atoms with Gasteiger partial charge in [0.2, 0.25) is 5.91 Å². The standard InChI is InChI=1S/C15H19IN2O/c1-2-17-11-10-15(9-5-8-14(19)18(15)16)12-6-3-4-7-13(12)17/h3-4,6-7H,2,5,8-11H2,1H3. The van der Waals surface area contributed by atoms with Crippen LogP contribution in [0, 0.1) is 0 Å². The normalized spacial score (nSPS) is 26.7. The van der Waals surface area contributed by atoms with Crippen molar-refractivity contribution in [3.05, 3.63) is 29.8 Å². The zero-order chi connectivity index (χ0) is 13.5. The lowest BCUT2D eigenvalue weighted by Crippen LogP contribution is -2.52. The lowest BCUT2D eigenvalue weighted by Gasteiger charge is -2.49. The third-order valence-electron chi connectivity index (χ3n) is 4.50. The van der Waals surface area contributed by atoms with Crippen molar-refractivity contribution in [2.45, 2.75) is 38.1 Å². The van der Waals surface area contributed by atoms with Crippen molar-refractivity contribution < 1.29 is 4.79 Å². The number of fused-ring (bicyclic) bond motifs is 2. The molecule has 1 spiro atoms. The summed E-state index contributed by atoms with van der Waals surface area (Å²) in [4.78, 5) is 14.6. The summed E-state index contributed by atoms with van der Waals surface area (Å²) in [5, 5.41) is 0. The van der Waals surface area contributed by atoms with E-state index in [9.17, 15) is 4.79 Å². The lowest BCUT2D eigenvalue weighted by atomic mass is 9.76. The first-order valence-corrected chi connectivity index (χ1v) is 7.99. The van der Waals surface area contributed by atoms with Crippen LogP contribution in [0.1, 0.15) is 38.2 Å². The molecule has 0 aliphatic carbocycles. The number of piperidine rings is 1. The highest BCUT2D eigenvalue weighted by Crippen LogP contribution is 2.49. The Morgan fingerprint density at radius 3 is 2.89 bits per heavy atom. The summed E-state index contributed by atoms with van der Waals surface area (Å²) < 4.78 is 1.99. The number of carbonyl (C=O) groups excluding carboxylic acids is 1. The minimum Gasteiger partial charge on any atom is -0.371 e. The third kappa shape index (κ3) is 1.95. The lowest BCUT2D eigenvalue weighted by molar-refractivity contribution is -0.132. The van der Waals surface area contributed by atoms with Gasteiger partial charge in [0.05, 0.1) is 28.4 Å². The van der Waals surface area contributed by atoms with Gasteiger partial charge < -0.3 is 4.90 Å². The van der Waals surface area contributed by atoms with Gasteiger partial charge in [-0.3, -0.25) is 7.91 Å². The number of para-hydroxylation sites is 1. The summed E-state index contributed by atoms with van der Waals surface area (Å²) in [6, 6.07) is 8.61. The molecule has 0 N–H and O–H groups in total. The van der Waals surface area contributed by atoms with Gasteiger partial charge in [-0.05, 0) is 32.3 Å². The van der Waals surface area contributed by atoms with Crippen LogP contribution < -0.4 is 4.90 Å². The Labute approximate surface area is 128 Å². The fourth-order valence-electron chi connectivity index (χ4n) is 3.48. The van der Waals surface area contributed by atoms with Crippen LogP contribution in [-0.2, 0) is 10.3 Å². The molecule has 1 amide bonds. The van der Waals surface area contributed by atoms with Crippen molar-refractivity contribution >= 4 is 34.5 Å². The van der Waals surface area contributed by atoms with E-state index >= 15 is 0 Å². The predicted molar refractivity (Wildman–Crippen MR) is 85.3 cm³/mol. The monoisotopic (exact) mass is 370 g/mol. The number of hydrogen-bond acceptors (Lipinski definition) is 2. The van der Waals surface area contributed by atoms with E-state index in [1.165, 1.54) is 11.3 Å². The van der Waals surface area contributed by atoms with Crippen molar-refractivity contribution in [3.8, 4) is 0 Å². The number of carbonyl (C=O) groups is 1. The van der Waals surface area contributed by atoms with Gasteiger partial charge in [0.1, 0.15) is 0 Å². The van der Waals surface area contributed by atoms with Crippen LogP contribution in [0.15, 0.2) is 24.3 Å². The first-order valence-electron chi connectivity index (χ1n) is 7.02. The Morgan fingerprint density at radius 1 is 1.32 bits per heavy atom. The molecule has 0 bridgehead atoms. The van der Waals surface area contributed by atoms with Crippen LogP contribution in [0.25, 0.3) is 0 Å². The summed E-state index contributed by atoms with van der Waals surface area (Å²) in [7, 11) is 0. The molecule has 1 fully saturated rings. The van der Waals surface area contributed by atoms with Crippen LogP contribution in [0.5, 0.6) is 0 Å². The van der Waals surface area contributed by atoms with Crippen molar-refractivity contribution in [2.24, 2.45) is 0 Å². The number of hydrogen-bond donors (Lipinski definition) is 0. The Morgan fingerprint density at radius 2 is 2.11 bits per heavy atom. The second-order valence-electron chi connectivity index (χ2n) is 5.41. The number of rotatable bonds is 1. The molecule has 0 radical (unpaired) electrons. The zero-order valence-electron chi connectivity index (χ0n) is 11.2. The number of amides is 1. The maximum atomic E-state index is 12.1. The molecule has 1 aromatic carbocycles. The van der Waals surface area contributed by atoms with Crippen molar-refractivity contribution in [3.63, 3.8) is 0 Å². The molecule has 1 atom stereocenters. The van der Waals surface area contributed by atoms with E-state index in [2.05, 4.69) is 59.0 Å². The summed E-state index contributed by atoms with van der Waals surface area (Å²) >= 11 is 2.24. The first kappa shape index (κ1) is 13.2. The molecule has 2 aliphatic rings. The SMILES string of the molecule is CCN1CCC2(CCCC(=O)N2I)c2ccccc21. The average molecular weight is 370 g/mol. The van der Waals surface area contributed by atoms with Crippen LogP contribution in [-0.4, -0.2) is 22.1 Å². The summed E-state index contributed by atoms with van der Waals surface area (Å²) in [5.74, 6) is 0.284. The smallest absolute Gasteiger partial charge is 0.232 e. The molecule has 0 aromatic heterocycles. The van der Waals surface area contributed by atoms with E-state index < -0.39 is 0 Å². The molecule has 19 heavy (non-hydrogen) atoms. The highest BCUT2D eigenvalue weighted by atomic mass is 127. The largest absolute Gasteiger partial charge is 0.371 e. The maximum Gasteiger partial charge on any atom is 0.232 e. The molecule has 1 saturated heterocycles. The van der Waals surface area contributed by atoms with E-state index in [4.69, 9.17) is 0 Å². The van der Waals surface area contributed by atoms with E-state index in [0.717, 1.165) is 32.4 Å². The van der Waals surface area contributed by atoms with Gasteiger partial charge in [0, 0.05) is 30.8 Å². The number of halogens is 1. The van der Waals surface area contributed by atoms with Gasteiger partial charge in [-0.2, -0.15) is 0 Å². The second kappa shape index (κ2) is 4.96. The maximum absolute atomic E-state index is 12.1. The minimum absolute atomic E-state index is 0.0713. The Balaban J connectivity index is 2.11. The Kier molecular flexibility index (Phi) is 3.45. The van der Waals surface area contributed by atoms with E-state index in [-0.39, 0.29) is 11.4 Å². The fraction of sp³-hybridized carbons (Fsp3) is 0.533. The summed E-state index contributed by atoms with van der Waals surface area (Å²) in [6.07, 6.45) is 3.85. The van der Waals surface area contributed by atoms with Crippen LogP contribution >= 0.6 is 22.9 Å². The minimum atomic E-state index is -0.0713. The Hall–Kier alpha value is -0.780. The number of benzene rings is 1. The highest BCUT2D eigenvalue weighted by molar-refractivity contribution is 14.1. The highest BCUT2D eigenvalue weighted by Gasteiger charge is 2.46. The zero-order valence-corrected chi connectivity index (χ0v) is 13.4. The predicted octanol–water partition coefficient (Wildman–Crippen LogP) is 3.47. The van der Waals surface area contributed by atoms with Crippen molar-refractivity contribution in [1.82, 2.24) is 3.11 Å². The number of anilines is 1. The molecular formula is C15H19IN2O. The van der Waals surface area contributed by atoms with Crippen molar-refractivity contribution in [2.75, 3.05) is 18.0 Å². The number of nitrogens with zero attached hydrogens (tertiary/aromatic N) is 2. The molecular weight excluding hydrogens is 351 g/mol. The Bertz CT molecular complexity index is 505. The third-order valence-corrected chi connectivity index (χ3v) is 5.96. The topological polar surface area (TPSA) is 23.6 Å². The molecule has 2 aliphatic heterocycles. The summed E-state index contributed by atoms with van der Waals surface area (Å²) in [5.41, 5.74) is 2.58. The van der Waals surface area contributed by atoms with Gasteiger partial charge in [-0.25, -0.2) is 0 Å². The van der Waals surface area contributed by atoms with Gasteiger partial charge in [-0.1, -0.05) is 18.2 Å². The van der Waals surface area contributed by atoms with Gasteiger partial charge in [0.25, 0.3) is 0 Å². The van der Waals surface area contributed by atoms with Crippen LogP contribution in [0.4, 0.5) is 5.69 Å². The second-order valence-corrected chi connectivity index (χ2v) is 6.37. The summed E-state index contributed by atoms with van der Waals surface area (Å²) in [6.45, 7) is 4.27. The quantitative estimate of drug-likeness (QED) is 0.558. The molecule has 0 saturated carbocycles. The molecule has 3 rings (SSSR count). The molecule has 2 heterocycles. The molecule has 1 unspecified atom stereocenters. The van der Waals surface area contributed by atoms with Crippen LogP contribution in [0.3, 0.4) is 0 Å². The van der Waals surface area contributed by atoms with E-state index in [1.807, 2.05) is 3.11 Å². The van der Waals surface area contributed by atoms with E-state index in [1.54, 1.807) is 0 Å². The van der Waals surface area contributed by atoms with E-state index in [0.29, 0.717) is 6.42 Å².